The highest BCUT2D eigenvalue weighted by Crippen LogP contribution is 2.25. The van der Waals surface area contributed by atoms with Gasteiger partial charge in [-0.2, -0.15) is 4.31 Å². The first-order valence-electron chi connectivity index (χ1n) is 11.2. The van der Waals surface area contributed by atoms with Gasteiger partial charge in [0.05, 0.1) is 24.1 Å². The number of sulfonamides is 1. The molecule has 2 aliphatic rings. The molecule has 0 aliphatic carbocycles. The van der Waals surface area contributed by atoms with Gasteiger partial charge in [-0.25, -0.2) is 17.8 Å². The van der Waals surface area contributed by atoms with Crippen LogP contribution in [0.2, 0.25) is 0 Å². The molecular weight excluding hydrogens is 447 g/mol. The number of amides is 1. The van der Waals surface area contributed by atoms with Crippen LogP contribution < -0.4 is 10.2 Å². The number of nitrogens with one attached hydrogen (secondary N) is 1. The van der Waals surface area contributed by atoms with Gasteiger partial charge in [-0.1, -0.05) is 6.42 Å². The summed E-state index contributed by atoms with van der Waals surface area (Å²) in [5.74, 6) is -0.614. The summed E-state index contributed by atoms with van der Waals surface area (Å²) in [5, 5.41) is 2.71. The second kappa shape index (κ2) is 9.74. The molecule has 0 radical (unpaired) electrons. The lowest BCUT2D eigenvalue weighted by Crippen LogP contribution is -2.45. The van der Waals surface area contributed by atoms with Gasteiger partial charge in [0.25, 0.3) is 5.91 Å². The third kappa shape index (κ3) is 5.34. The van der Waals surface area contributed by atoms with E-state index in [4.69, 9.17) is 4.74 Å². The molecule has 2 atom stereocenters. The number of morpholine rings is 1. The molecule has 1 aromatic heterocycles. The number of benzene rings is 1. The fourth-order valence-corrected chi connectivity index (χ4v) is 5.91. The Morgan fingerprint density at radius 1 is 1.09 bits per heavy atom. The Kier molecular flexibility index (Phi) is 6.96. The lowest BCUT2D eigenvalue weighted by Gasteiger charge is -2.36. The Morgan fingerprint density at radius 3 is 2.42 bits per heavy atom. The number of pyridine rings is 1. The smallest absolute Gasteiger partial charge is 0.255 e. The summed E-state index contributed by atoms with van der Waals surface area (Å²) in [6.45, 7) is 6.20. The highest BCUT2D eigenvalue weighted by Gasteiger charge is 2.29. The van der Waals surface area contributed by atoms with Gasteiger partial charge >= 0.3 is 0 Å². The summed E-state index contributed by atoms with van der Waals surface area (Å²) in [6.07, 6.45) is 4.19. The molecule has 2 unspecified atom stereocenters. The minimum Gasteiger partial charge on any atom is -0.372 e. The molecule has 2 aromatic rings. The number of rotatable bonds is 5. The van der Waals surface area contributed by atoms with Crippen molar-refractivity contribution in [2.24, 2.45) is 0 Å². The second-order valence-electron chi connectivity index (χ2n) is 8.63. The Labute approximate surface area is 193 Å². The summed E-state index contributed by atoms with van der Waals surface area (Å²) < 4.78 is 47.3. The Hall–Kier alpha value is -2.56. The third-order valence-electron chi connectivity index (χ3n) is 5.88. The van der Waals surface area contributed by atoms with Crippen molar-refractivity contribution in [1.82, 2.24) is 9.29 Å². The molecule has 178 valence electrons. The standard InChI is InChI=1S/C23H29FN4O4S/c1-16-14-27(15-17(2)32-16)22-9-7-19(13-25-22)26-23(29)18-6-8-20(24)21(12-18)33(30,31)28-10-4-3-5-11-28/h6-9,12-13,16-17H,3-5,10-11,14-15H2,1-2H3,(H,26,29). The van der Waals surface area contributed by atoms with Gasteiger partial charge in [-0.3, -0.25) is 4.79 Å². The first kappa shape index (κ1) is 23.6. The van der Waals surface area contributed by atoms with Gasteiger partial charge in [-0.15, -0.1) is 0 Å². The first-order chi connectivity index (χ1) is 15.7. The number of halogens is 1. The zero-order chi connectivity index (χ0) is 23.6. The fourth-order valence-electron chi connectivity index (χ4n) is 4.30. The normalized spacial score (nSPS) is 22.2. The van der Waals surface area contributed by atoms with Crippen LogP contribution in [0.4, 0.5) is 15.9 Å². The lowest BCUT2D eigenvalue weighted by molar-refractivity contribution is -0.00545. The Balaban J connectivity index is 1.48. The van der Waals surface area contributed by atoms with Crippen molar-refractivity contribution in [2.45, 2.75) is 50.2 Å². The summed E-state index contributed by atoms with van der Waals surface area (Å²) in [7, 11) is -4.00. The van der Waals surface area contributed by atoms with E-state index in [1.54, 1.807) is 12.3 Å². The van der Waals surface area contributed by atoms with E-state index in [-0.39, 0.29) is 17.8 Å². The molecule has 0 saturated carbocycles. The van der Waals surface area contributed by atoms with E-state index in [2.05, 4.69) is 15.2 Å². The number of hydrogen-bond acceptors (Lipinski definition) is 6. The highest BCUT2D eigenvalue weighted by atomic mass is 32.2. The molecular formula is C23H29FN4O4S. The lowest BCUT2D eigenvalue weighted by atomic mass is 10.2. The molecule has 3 heterocycles. The third-order valence-corrected chi connectivity index (χ3v) is 7.79. The van der Waals surface area contributed by atoms with Crippen LogP contribution in [0, 0.1) is 5.82 Å². The van der Waals surface area contributed by atoms with E-state index < -0.39 is 26.6 Å². The molecule has 1 N–H and O–H groups in total. The molecule has 2 fully saturated rings. The number of carbonyl (C=O) groups is 1. The maximum Gasteiger partial charge on any atom is 0.255 e. The molecule has 8 nitrogen and oxygen atoms in total. The predicted octanol–water partition coefficient (Wildman–Crippen LogP) is 3.26. The van der Waals surface area contributed by atoms with E-state index in [1.165, 1.54) is 10.4 Å². The van der Waals surface area contributed by atoms with Crippen LogP contribution in [0.3, 0.4) is 0 Å². The van der Waals surface area contributed by atoms with Crippen molar-refractivity contribution in [3.63, 3.8) is 0 Å². The van der Waals surface area contributed by atoms with Crippen molar-refractivity contribution in [2.75, 3.05) is 36.4 Å². The minimum absolute atomic E-state index is 0.0619. The van der Waals surface area contributed by atoms with Crippen LogP contribution in [0.1, 0.15) is 43.5 Å². The molecule has 0 spiro atoms. The maximum atomic E-state index is 14.4. The second-order valence-corrected chi connectivity index (χ2v) is 10.5. The molecule has 0 bridgehead atoms. The van der Waals surface area contributed by atoms with Crippen LogP contribution in [-0.4, -0.2) is 62.0 Å². The van der Waals surface area contributed by atoms with Crippen LogP contribution in [0.15, 0.2) is 41.4 Å². The molecule has 33 heavy (non-hydrogen) atoms. The molecule has 2 aliphatic heterocycles. The fraction of sp³-hybridized carbons (Fsp3) is 0.478. The Bertz CT molecular complexity index is 1090. The van der Waals surface area contributed by atoms with Gasteiger partial charge in [-0.05, 0) is 57.0 Å². The summed E-state index contributed by atoms with van der Waals surface area (Å²) in [5.41, 5.74) is 0.523. The Morgan fingerprint density at radius 2 is 1.79 bits per heavy atom. The number of nitrogens with zero attached hydrogens (tertiary/aromatic N) is 3. The zero-order valence-corrected chi connectivity index (χ0v) is 19.6. The van der Waals surface area contributed by atoms with Crippen molar-refractivity contribution >= 4 is 27.4 Å². The molecule has 4 rings (SSSR count). The first-order valence-corrected chi connectivity index (χ1v) is 12.7. The monoisotopic (exact) mass is 476 g/mol. The van der Waals surface area contributed by atoms with E-state index in [0.29, 0.717) is 18.8 Å². The number of anilines is 2. The maximum absolute atomic E-state index is 14.4. The van der Waals surface area contributed by atoms with Crippen molar-refractivity contribution in [3.05, 3.63) is 47.9 Å². The van der Waals surface area contributed by atoms with Crippen molar-refractivity contribution in [1.29, 1.82) is 0 Å². The van der Waals surface area contributed by atoms with Crippen LogP contribution in [0.25, 0.3) is 0 Å². The average Bonchev–Trinajstić information content (AvgIpc) is 2.79. The summed E-state index contributed by atoms with van der Waals surface area (Å²) >= 11 is 0. The number of carbonyl (C=O) groups excluding carboxylic acids is 1. The molecule has 1 amide bonds. The molecule has 2 saturated heterocycles. The molecule has 10 heteroatoms. The summed E-state index contributed by atoms with van der Waals surface area (Å²) in [6, 6.07) is 6.95. The zero-order valence-electron chi connectivity index (χ0n) is 18.8. The van der Waals surface area contributed by atoms with Crippen LogP contribution in [0.5, 0.6) is 0 Å². The highest BCUT2D eigenvalue weighted by molar-refractivity contribution is 7.89. The van der Waals surface area contributed by atoms with E-state index in [9.17, 15) is 17.6 Å². The number of aromatic nitrogens is 1. The van der Waals surface area contributed by atoms with Gasteiger partial charge in [0, 0.05) is 31.7 Å². The van der Waals surface area contributed by atoms with Crippen molar-refractivity contribution < 1.29 is 22.3 Å². The quantitative estimate of drug-likeness (QED) is 0.712. The minimum atomic E-state index is -4.00. The molecule has 1 aromatic carbocycles. The average molecular weight is 477 g/mol. The van der Waals surface area contributed by atoms with Crippen LogP contribution in [-0.2, 0) is 14.8 Å². The SMILES string of the molecule is CC1CN(c2ccc(NC(=O)c3ccc(F)c(S(=O)(=O)N4CCCCC4)c3)cn2)CC(C)O1. The van der Waals surface area contributed by atoms with E-state index in [1.807, 2.05) is 19.9 Å². The van der Waals surface area contributed by atoms with Gasteiger partial charge < -0.3 is 15.0 Å². The largest absolute Gasteiger partial charge is 0.372 e. The van der Waals surface area contributed by atoms with Crippen molar-refractivity contribution in [3.8, 4) is 0 Å². The van der Waals surface area contributed by atoms with E-state index >= 15 is 0 Å². The van der Waals surface area contributed by atoms with Gasteiger partial charge in [0.1, 0.15) is 16.5 Å². The summed E-state index contributed by atoms with van der Waals surface area (Å²) in [4.78, 5) is 18.9. The van der Waals surface area contributed by atoms with Crippen LogP contribution >= 0.6 is 0 Å². The van der Waals surface area contributed by atoms with Gasteiger partial charge in [0.2, 0.25) is 10.0 Å². The van der Waals surface area contributed by atoms with Gasteiger partial charge in [0.15, 0.2) is 0 Å². The predicted molar refractivity (Wildman–Crippen MR) is 123 cm³/mol. The number of ether oxygens (including phenoxy) is 1. The topological polar surface area (TPSA) is 91.8 Å². The number of hydrogen-bond donors (Lipinski definition) is 1. The van der Waals surface area contributed by atoms with E-state index in [0.717, 1.165) is 50.3 Å². The number of piperidine rings is 1.